The maximum atomic E-state index is 12.7. The summed E-state index contributed by atoms with van der Waals surface area (Å²) in [6.07, 6.45) is 16.2. The molecule has 1 fully saturated rings. The number of hydrazine groups is 1. The first-order valence-electron chi connectivity index (χ1n) is 18.5. The van der Waals surface area contributed by atoms with Crippen molar-refractivity contribution in [2.24, 2.45) is 4.99 Å². The Morgan fingerprint density at radius 3 is 2.57 bits per heavy atom. The second kappa shape index (κ2) is 20.1. The molecule has 1 amide bonds. The summed E-state index contributed by atoms with van der Waals surface area (Å²) in [7, 11) is 9.49. The Bertz CT molecular complexity index is 1530. The number of hydrogen-bond acceptors (Lipinski definition) is 8. The maximum Gasteiger partial charge on any atom is 0.251 e. The molecule has 0 aromatic heterocycles. The predicted octanol–water partition coefficient (Wildman–Crippen LogP) is 5.36. The summed E-state index contributed by atoms with van der Waals surface area (Å²) in [4.78, 5) is 31.1. The molecule has 51 heavy (non-hydrogen) atoms. The van der Waals surface area contributed by atoms with Crippen LogP contribution in [0, 0.1) is 11.3 Å². The Hall–Kier alpha value is -4.04. The molecule has 1 aromatic rings. The lowest BCUT2D eigenvalue weighted by atomic mass is 9.66. The molecule has 1 aliphatic heterocycles. The molecule has 3 aliphatic rings. The molecule has 2 aliphatic carbocycles. The normalized spacial score (nSPS) is 22.2. The van der Waals surface area contributed by atoms with Gasteiger partial charge in [0.25, 0.3) is 5.91 Å². The summed E-state index contributed by atoms with van der Waals surface area (Å²) < 4.78 is 0. The van der Waals surface area contributed by atoms with E-state index in [0.717, 1.165) is 80.4 Å². The minimum Gasteiger partial charge on any atom is -0.392 e. The van der Waals surface area contributed by atoms with Gasteiger partial charge in [-0.1, -0.05) is 42.0 Å². The van der Waals surface area contributed by atoms with E-state index in [-0.39, 0.29) is 30.6 Å². The van der Waals surface area contributed by atoms with Gasteiger partial charge in [0.15, 0.2) is 0 Å². The molecule has 0 radical (unpaired) electrons. The molecule has 1 aromatic carbocycles. The number of nitrogens with one attached hydrogen (secondary N) is 4. The Labute approximate surface area is 307 Å². The van der Waals surface area contributed by atoms with Crippen LogP contribution < -0.4 is 21.4 Å². The number of amidine groups is 1. The lowest BCUT2D eigenvalue weighted by Crippen LogP contribution is -2.55. The lowest BCUT2D eigenvalue weighted by Gasteiger charge is -2.42. The van der Waals surface area contributed by atoms with E-state index in [4.69, 9.17) is 10.3 Å². The first kappa shape index (κ1) is 41.4. The van der Waals surface area contributed by atoms with Crippen LogP contribution >= 0.6 is 0 Å². The third kappa shape index (κ3) is 10.7. The molecular weight excluding hydrogens is 637 g/mol. The Morgan fingerprint density at radius 2 is 1.98 bits per heavy atom. The zero-order valence-corrected chi connectivity index (χ0v) is 32.4. The first-order chi connectivity index (χ1) is 24.4. The van der Waals surface area contributed by atoms with Gasteiger partial charge in [0.1, 0.15) is 12.1 Å². The Balaban J connectivity index is 0.000000770. The van der Waals surface area contributed by atoms with E-state index in [2.05, 4.69) is 95.1 Å². The summed E-state index contributed by atoms with van der Waals surface area (Å²) in [6.45, 7) is 11.9. The highest BCUT2D eigenvalue weighted by atomic mass is 16.1. The van der Waals surface area contributed by atoms with Crippen molar-refractivity contribution in [1.29, 1.82) is 5.26 Å². The number of allylic oxidation sites excluding steroid dienone is 6. The van der Waals surface area contributed by atoms with E-state index >= 15 is 0 Å². The molecule has 10 heteroatoms. The fourth-order valence-electron chi connectivity index (χ4n) is 7.22. The second-order valence-electron chi connectivity index (χ2n) is 14.2. The molecule has 1 heterocycles. The lowest BCUT2D eigenvalue weighted by molar-refractivity contribution is -0.107. The van der Waals surface area contributed by atoms with Gasteiger partial charge in [0.05, 0.1) is 24.1 Å². The van der Waals surface area contributed by atoms with Gasteiger partial charge in [-0.25, -0.2) is 5.01 Å². The zero-order chi connectivity index (χ0) is 37.6. The number of carbonyl (C=O) groups excluding carboxylic acids is 2. The van der Waals surface area contributed by atoms with Gasteiger partial charge in [-0.05, 0) is 121 Å². The van der Waals surface area contributed by atoms with Crippen LogP contribution in [0.1, 0.15) is 93.6 Å². The Kier molecular flexibility index (Phi) is 16.3. The molecule has 0 saturated carbocycles. The summed E-state index contributed by atoms with van der Waals surface area (Å²) in [5, 5.41) is 19.9. The van der Waals surface area contributed by atoms with Crippen LogP contribution in [-0.2, 0) is 16.6 Å². The SMILES string of the molecule is C=C(CC/C1=C/CC2=C(C=CC1)C(CC(C)NCC=O)(C(=NC)NN(C)C(C)C)c1ccc(C(=O)NC)cc1CC2)NC.CN1CCCC1C#N. The monoisotopic (exact) mass is 698 g/mol. The minimum absolute atomic E-state index is 0.00363. The van der Waals surface area contributed by atoms with Crippen molar-refractivity contribution in [1.82, 2.24) is 31.3 Å². The number of fused-ring (bicyclic) bond motifs is 1. The minimum atomic E-state index is -0.641. The number of benzene rings is 1. The molecule has 3 atom stereocenters. The molecule has 3 unspecified atom stereocenters. The van der Waals surface area contributed by atoms with Gasteiger partial charge >= 0.3 is 0 Å². The maximum absolute atomic E-state index is 12.7. The highest BCUT2D eigenvalue weighted by molar-refractivity contribution is 5.99. The molecular formula is C41H62N8O2. The number of aldehydes is 1. The topological polar surface area (TPSA) is 125 Å². The number of hydrogen-bond donors (Lipinski definition) is 4. The molecule has 4 N–H and O–H groups in total. The van der Waals surface area contributed by atoms with Crippen LogP contribution in [0.3, 0.4) is 0 Å². The van der Waals surface area contributed by atoms with Crippen LogP contribution in [0.15, 0.2) is 70.4 Å². The van der Waals surface area contributed by atoms with Crippen molar-refractivity contribution in [3.63, 3.8) is 0 Å². The zero-order valence-electron chi connectivity index (χ0n) is 32.4. The van der Waals surface area contributed by atoms with Gasteiger partial charge in [-0.2, -0.15) is 5.26 Å². The van der Waals surface area contributed by atoms with Crippen molar-refractivity contribution in [2.75, 3.05) is 48.3 Å². The number of carbonyl (C=O) groups is 2. The number of nitriles is 1. The van der Waals surface area contributed by atoms with Gasteiger partial charge in [0, 0.05) is 51.5 Å². The number of amides is 1. The fourth-order valence-corrected chi connectivity index (χ4v) is 7.22. The highest BCUT2D eigenvalue weighted by Gasteiger charge is 2.46. The van der Waals surface area contributed by atoms with Crippen LogP contribution in [0.2, 0.25) is 0 Å². The number of nitrogens with zero attached hydrogens (tertiary/aromatic N) is 4. The van der Waals surface area contributed by atoms with Crippen molar-refractivity contribution in [3.05, 3.63) is 82.1 Å². The molecule has 1 saturated heterocycles. The molecule has 0 bridgehead atoms. The van der Waals surface area contributed by atoms with Gasteiger partial charge in [0.2, 0.25) is 0 Å². The molecule has 4 rings (SSSR count). The summed E-state index contributed by atoms with van der Waals surface area (Å²) in [6, 6.07) is 8.80. The van der Waals surface area contributed by atoms with E-state index in [9.17, 15) is 9.59 Å². The van der Waals surface area contributed by atoms with Gasteiger partial charge in [-0.3, -0.25) is 14.7 Å². The summed E-state index contributed by atoms with van der Waals surface area (Å²) in [5.41, 5.74) is 11.1. The third-order valence-corrected chi connectivity index (χ3v) is 10.5. The quantitative estimate of drug-likeness (QED) is 0.0714. The summed E-state index contributed by atoms with van der Waals surface area (Å²) in [5.74, 6) is 0.759. The average molecular weight is 699 g/mol. The van der Waals surface area contributed by atoms with E-state index < -0.39 is 5.41 Å². The summed E-state index contributed by atoms with van der Waals surface area (Å²) >= 11 is 0. The highest BCUT2D eigenvalue weighted by Crippen LogP contribution is 2.47. The largest absolute Gasteiger partial charge is 0.392 e. The second-order valence-corrected chi connectivity index (χ2v) is 14.2. The number of likely N-dealkylation sites (tertiary alicyclic amines) is 1. The third-order valence-electron chi connectivity index (χ3n) is 10.5. The van der Waals surface area contributed by atoms with E-state index in [1.165, 1.54) is 23.1 Å². The van der Waals surface area contributed by atoms with Crippen LogP contribution in [0.4, 0.5) is 0 Å². The molecule has 10 nitrogen and oxygen atoms in total. The Morgan fingerprint density at radius 1 is 1.22 bits per heavy atom. The van der Waals surface area contributed by atoms with E-state index in [0.29, 0.717) is 12.0 Å². The fraction of sp³-hybridized carbons (Fsp3) is 0.561. The smallest absolute Gasteiger partial charge is 0.251 e. The van der Waals surface area contributed by atoms with E-state index in [1.54, 1.807) is 7.05 Å². The van der Waals surface area contributed by atoms with Crippen LogP contribution in [-0.4, -0.2) is 94.4 Å². The van der Waals surface area contributed by atoms with Crippen molar-refractivity contribution >= 4 is 18.0 Å². The number of aliphatic imine (C=N–C) groups is 1. The van der Waals surface area contributed by atoms with Crippen molar-refractivity contribution < 1.29 is 9.59 Å². The number of rotatable bonds is 13. The molecule has 0 spiro atoms. The van der Waals surface area contributed by atoms with Crippen molar-refractivity contribution in [3.8, 4) is 6.07 Å². The van der Waals surface area contributed by atoms with Crippen LogP contribution in [0.5, 0.6) is 0 Å². The first-order valence-corrected chi connectivity index (χ1v) is 18.5. The standard InChI is InChI=1S/C35H52N6O2.C6H10N2/c1-24(2)41(8)40-34(38-7)35(23-26(4)39-20-21-42)31-11-9-10-27(13-12-25(3)36-5)14-15-28(31)16-17-29-22-30(33(43)37-6)18-19-32(29)35;1-8-4-2-3-6(8)5-7/h9,11,14,18-19,21-22,24,26,36,39H,3,10,12-13,15-17,20,23H2,1-2,4-8H3,(H,37,43)(H,38,40);6H,2-4H2,1H3/b11-9?,27-14+;. The average Bonchev–Trinajstić information content (AvgIpc) is 3.50. The van der Waals surface area contributed by atoms with Crippen LogP contribution in [0.25, 0.3) is 0 Å². The van der Waals surface area contributed by atoms with E-state index in [1.807, 2.05) is 34.3 Å². The van der Waals surface area contributed by atoms with Gasteiger partial charge in [-0.15, -0.1) is 0 Å². The number of aryl methyl sites for hydroxylation is 1. The van der Waals surface area contributed by atoms with Gasteiger partial charge < -0.3 is 26.2 Å². The molecule has 278 valence electrons. The van der Waals surface area contributed by atoms with Crippen molar-refractivity contribution in [2.45, 2.75) is 102 Å². The predicted molar refractivity (Wildman–Crippen MR) is 210 cm³/mol.